The van der Waals surface area contributed by atoms with E-state index < -0.39 is 0 Å². The van der Waals surface area contributed by atoms with Crippen LogP contribution in [0.3, 0.4) is 0 Å². The molecular formula is C9H9N3O2S. The molecule has 0 atom stereocenters. The maximum atomic E-state index is 11.7. The van der Waals surface area contributed by atoms with E-state index in [2.05, 4.69) is 4.98 Å². The minimum Gasteiger partial charge on any atom is -0.511 e. The summed E-state index contributed by atoms with van der Waals surface area (Å²) in [6.07, 6.45) is 0. The summed E-state index contributed by atoms with van der Waals surface area (Å²) in [4.78, 5) is 16.2. The molecule has 0 fully saturated rings. The van der Waals surface area contributed by atoms with Crippen LogP contribution in [0.1, 0.15) is 12.6 Å². The predicted octanol–water partition coefficient (Wildman–Crippen LogP) is -0.0511. The minimum absolute atomic E-state index is 0.0225. The number of hydrogen-bond acceptors (Lipinski definition) is 5. The van der Waals surface area contributed by atoms with Crippen LogP contribution in [-0.4, -0.2) is 14.5 Å². The SMILES string of the molecule is C/C(O)=c1\sc2cc(C)nc(=N)n2c1=O. The van der Waals surface area contributed by atoms with Gasteiger partial charge in [0.2, 0.25) is 5.62 Å². The second-order valence-corrected chi connectivity index (χ2v) is 4.25. The zero-order valence-electron chi connectivity index (χ0n) is 8.24. The highest BCUT2D eigenvalue weighted by Gasteiger charge is 2.07. The molecule has 0 spiro atoms. The van der Waals surface area contributed by atoms with Gasteiger partial charge in [-0.05, 0) is 19.9 Å². The van der Waals surface area contributed by atoms with Gasteiger partial charge in [0.1, 0.15) is 15.1 Å². The smallest absolute Gasteiger partial charge is 0.279 e. The molecule has 0 aromatic carbocycles. The molecule has 2 aromatic rings. The molecule has 2 N–H and O–H groups in total. The van der Waals surface area contributed by atoms with E-state index in [1.54, 1.807) is 13.0 Å². The van der Waals surface area contributed by atoms with Crippen LogP contribution in [0, 0.1) is 12.3 Å². The summed E-state index contributed by atoms with van der Waals surface area (Å²) in [7, 11) is 0. The lowest BCUT2D eigenvalue weighted by molar-refractivity contribution is 0.499. The normalized spacial score (nSPS) is 13.2. The van der Waals surface area contributed by atoms with Crippen molar-refractivity contribution in [3.63, 3.8) is 0 Å². The Bertz CT molecular complexity index is 694. The fourth-order valence-electron chi connectivity index (χ4n) is 1.35. The van der Waals surface area contributed by atoms with E-state index in [4.69, 9.17) is 5.41 Å². The Balaban J connectivity index is 3.17. The summed E-state index contributed by atoms with van der Waals surface area (Å²) in [5, 5.41) is 16.9. The van der Waals surface area contributed by atoms with Crippen LogP contribution in [0.5, 0.6) is 0 Å². The first-order valence-electron chi connectivity index (χ1n) is 4.28. The van der Waals surface area contributed by atoms with Crippen LogP contribution in [0.4, 0.5) is 0 Å². The molecule has 2 aromatic heterocycles. The highest BCUT2D eigenvalue weighted by atomic mass is 32.1. The van der Waals surface area contributed by atoms with Gasteiger partial charge in [0.25, 0.3) is 5.56 Å². The largest absolute Gasteiger partial charge is 0.511 e. The van der Waals surface area contributed by atoms with Crippen LogP contribution in [-0.2, 0) is 0 Å². The highest BCUT2D eigenvalue weighted by molar-refractivity contribution is 7.15. The van der Waals surface area contributed by atoms with Crippen molar-refractivity contribution in [3.05, 3.63) is 32.3 Å². The average Bonchev–Trinajstić information content (AvgIpc) is 2.42. The van der Waals surface area contributed by atoms with E-state index in [1.165, 1.54) is 11.3 Å². The van der Waals surface area contributed by atoms with Gasteiger partial charge in [-0.1, -0.05) is 0 Å². The summed E-state index contributed by atoms with van der Waals surface area (Å²) in [6.45, 7) is 3.22. The molecule has 2 heterocycles. The standard InChI is InChI=1S/C9H9N3O2S/c1-4-3-6-12(9(10)11-4)8(14)7(15-6)5(2)13/h3,10,13H,1-2H3/b7-5+,10-9?. The Morgan fingerprint density at radius 2 is 2.33 bits per heavy atom. The molecule has 0 radical (unpaired) electrons. The first kappa shape index (κ1) is 9.85. The quantitative estimate of drug-likeness (QED) is 0.657. The van der Waals surface area contributed by atoms with Gasteiger partial charge in [-0.25, -0.2) is 9.38 Å². The molecule has 0 saturated heterocycles. The van der Waals surface area contributed by atoms with Crippen LogP contribution in [0.25, 0.3) is 10.6 Å². The van der Waals surface area contributed by atoms with Gasteiger partial charge < -0.3 is 5.11 Å². The van der Waals surface area contributed by atoms with Crippen molar-refractivity contribution < 1.29 is 5.11 Å². The van der Waals surface area contributed by atoms with Crippen molar-refractivity contribution in [1.82, 2.24) is 9.38 Å². The van der Waals surface area contributed by atoms with E-state index in [9.17, 15) is 9.90 Å². The van der Waals surface area contributed by atoms with Gasteiger partial charge in [0, 0.05) is 5.69 Å². The Labute approximate surface area is 88.5 Å². The topological polar surface area (TPSA) is 78.5 Å². The second kappa shape index (κ2) is 3.16. The van der Waals surface area contributed by atoms with E-state index in [1.807, 2.05) is 0 Å². The Morgan fingerprint density at radius 1 is 1.67 bits per heavy atom. The van der Waals surface area contributed by atoms with Gasteiger partial charge >= 0.3 is 0 Å². The molecule has 0 bridgehead atoms. The highest BCUT2D eigenvalue weighted by Crippen LogP contribution is 2.02. The third-order valence-electron chi connectivity index (χ3n) is 1.98. The summed E-state index contributed by atoms with van der Waals surface area (Å²) in [6, 6.07) is 1.72. The van der Waals surface area contributed by atoms with Gasteiger partial charge in [-0.3, -0.25) is 10.2 Å². The number of hydrogen-bond donors (Lipinski definition) is 2. The molecule has 0 saturated carbocycles. The molecule has 15 heavy (non-hydrogen) atoms. The number of aliphatic hydroxyl groups excluding tert-OH is 1. The molecule has 0 aliphatic rings. The van der Waals surface area contributed by atoms with Crippen molar-refractivity contribution in [3.8, 4) is 0 Å². The number of aryl methyl sites for hydroxylation is 1. The van der Waals surface area contributed by atoms with Crippen molar-refractivity contribution >= 4 is 21.9 Å². The maximum Gasteiger partial charge on any atom is 0.279 e. The Morgan fingerprint density at radius 3 is 2.93 bits per heavy atom. The molecule has 0 amide bonds. The van der Waals surface area contributed by atoms with Crippen LogP contribution < -0.4 is 15.7 Å². The fourth-order valence-corrected chi connectivity index (χ4v) is 2.37. The predicted molar refractivity (Wildman–Crippen MR) is 56.9 cm³/mol. The number of aliphatic hydroxyl groups is 1. The second-order valence-electron chi connectivity index (χ2n) is 3.22. The zero-order valence-corrected chi connectivity index (χ0v) is 9.05. The number of aromatic nitrogens is 2. The Kier molecular flexibility index (Phi) is 2.08. The lowest BCUT2D eigenvalue weighted by Crippen LogP contribution is -2.33. The van der Waals surface area contributed by atoms with Gasteiger partial charge in [0.15, 0.2) is 0 Å². The van der Waals surface area contributed by atoms with Crippen molar-refractivity contribution in [2.24, 2.45) is 0 Å². The van der Waals surface area contributed by atoms with E-state index in [0.29, 0.717) is 10.5 Å². The number of thiazole rings is 1. The summed E-state index contributed by atoms with van der Waals surface area (Å²) in [5.41, 5.74) is 0.203. The van der Waals surface area contributed by atoms with E-state index >= 15 is 0 Å². The summed E-state index contributed by atoms with van der Waals surface area (Å²) in [5.74, 6) is -0.0225. The maximum absolute atomic E-state index is 11.7. The van der Waals surface area contributed by atoms with Crippen molar-refractivity contribution in [2.45, 2.75) is 13.8 Å². The summed E-state index contributed by atoms with van der Waals surface area (Å²) < 4.78 is 1.45. The van der Waals surface area contributed by atoms with Gasteiger partial charge in [-0.15, -0.1) is 11.3 Å². The monoisotopic (exact) mass is 223 g/mol. The fraction of sp³-hybridized carbons (Fsp3) is 0.222. The first-order valence-corrected chi connectivity index (χ1v) is 5.10. The summed E-state index contributed by atoms with van der Waals surface area (Å²) >= 11 is 1.16. The average molecular weight is 223 g/mol. The van der Waals surface area contributed by atoms with Crippen LogP contribution in [0.15, 0.2) is 10.9 Å². The van der Waals surface area contributed by atoms with Crippen molar-refractivity contribution in [2.75, 3.05) is 0 Å². The Hall–Kier alpha value is -1.69. The lowest BCUT2D eigenvalue weighted by atomic mass is 10.4. The molecule has 0 aliphatic heterocycles. The van der Waals surface area contributed by atoms with Gasteiger partial charge in [0.05, 0.1) is 0 Å². The molecule has 5 nitrogen and oxygen atoms in total. The molecule has 6 heteroatoms. The zero-order chi connectivity index (χ0) is 11.2. The van der Waals surface area contributed by atoms with E-state index in [-0.39, 0.29) is 21.5 Å². The van der Waals surface area contributed by atoms with Crippen molar-refractivity contribution in [1.29, 1.82) is 5.41 Å². The van der Waals surface area contributed by atoms with Gasteiger partial charge in [-0.2, -0.15) is 0 Å². The molecule has 2 rings (SSSR count). The minimum atomic E-state index is -0.382. The van der Waals surface area contributed by atoms with Crippen LogP contribution in [0.2, 0.25) is 0 Å². The lowest BCUT2D eigenvalue weighted by Gasteiger charge is -1.92. The third-order valence-corrected chi connectivity index (χ3v) is 3.16. The number of nitrogens with zero attached hydrogens (tertiary/aromatic N) is 2. The number of fused-ring (bicyclic) bond motifs is 1. The number of nitrogens with one attached hydrogen (secondary N) is 1. The first-order chi connectivity index (χ1) is 7.00. The molecular weight excluding hydrogens is 214 g/mol. The third kappa shape index (κ3) is 1.42. The molecule has 78 valence electrons. The molecule has 0 aliphatic carbocycles. The number of rotatable bonds is 0. The molecule has 0 unspecified atom stereocenters. The van der Waals surface area contributed by atoms with Crippen LogP contribution >= 0.6 is 11.3 Å². The van der Waals surface area contributed by atoms with E-state index in [0.717, 1.165) is 11.3 Å².